The second-order valence-corrected chi connectivity index (χ2v) is 3.53. The van der Waals surface area contributed by atoms with Gasteiger partial charge in [-0.25, -0.2) is 5.43 Å². The van der Waals surface area contributed by atoms with Crippen LogP contribution in [0.25, 0.3) is 0 Å². The first-order valence-corrected chi connectivity index (χ1v) is 5.01. The van der Waals surface area contributed by atoms with Crippen molar-refractivity contribution in [3.05, 3.63) is 22.6 Å². The topological polar surface area (TPSA) is 54.6 Å². The van der Waals surface area contributed by atoms with Crippen LogP contribution in [0.2, 0.25) is 0 Å². The minimum atomic E-state index is -0.344. The Bertz CT molecular complexity index is 357. The van der Waals surface area contributed by atoms with Gasteiger partial charge in [0.1, 0.15) is 0 Å². The molecule has 1 N–H and O–H groups in total. The fraction of sp³-hybridized carbons (Fsp3) is 0.333. The van der Waals surface area contributed by atoms with E-state index >= 15 is 0 Å². The number of hydrogen-bond donors (Lipinski definition) is 1. The lowest BCUT2D eigenvalue weighted by Gasteiger charge is -1.97. The first-order chi connectivity index (χ1) is 6.63. The van der Waals surface area contributed by atoms with Gasteiger partial charge in [0.05, 0.1) is 0 Å². The fourth-order valence-corrected chi connectivity index (χ4v) is 1.02. The van der Waals surface area contributed by atoms with E-state index in [1.54, 1.807) is 12.1 Å². The van der Waals surface area contributed by atoms with Gasteiger partial charge in [0.15, 0.2) is 10.4 Å². The van der Waals surface area contributed by atoms with Crippen LogP contribution >= 0.6 is 15.9 Å². The van der Waals surface area contributed by atoms with Gasteiger partial charge in [0.2, 0.25) is 0 Å². The van der Waals surface area contributed by atoms with Crippen molar-refractivity contribution in [1.82, 2.24) is 5.43 Å². The number of furan rings is 1. The van der Waals surface area contributed by atoms with Crippen LogP contribution in [0.3, 0.4) is 0 Å². The van der Waals surface area contributed by atoms with E-state index in [0.717, 1.165) is 12.1 Å². The van der Waals surface area contributed by atoms with Crippen LogP contribution in [0, 0.1) is 0 Å². The summed E-state index contributed by atoms with van der Waals surface area (Å²) < 4.78 is 5.57. The van der Waals surface area contributed by atoms with E-state index in [9.17, 15) is 4.79 Å². The summed E-state index contributed by atoms with van der Waals surface area (Å²) in [6.45, 7) is 3.81. The molecule has 1 rings (SSSR count). The zero-order valence-electron chi connectivity index (χ0n) is 8.00. The summed E-state index contributed by atoms with van der Waals surface area (Å²) in [5.74, 6) is -0.104. The van der Waals surface area contributed by atoms with E-state index in [-0.39, 0.29) is 11.7 Å². The minimum Gasteiger partial charge on any atom is -0.444 e. The number of nitrogens with zero attached hydrogens (tertiary/aromatic N) is 1. The van der Waals surface area contributed by atoms with Crippen LogP contribution in [-0.4, -0.2) is 11.6 Å². The van der Waals surface area contributed by atoms with Crippen molar-refractivity contribution >= 4 is 27.5 Å². The smallest absolute Gasteiger partial charge is 0.307 e. The quantitative estimate of drug-likeness (QED) is 0.669. The number of nitrogens with one attached hydrogen (secondary N) is 1. The fourth-order valence-electron chi connectivity index (χ4n) is 0.717. The van der Waals surface area contributed by atoms with Crippen LogP contribution in [-0.2, 0) is 0 Å². The zero-order chi connectivity index (χ0) is 10.6. The summed E-state index contributed by atoms with van der Waals surface area (Å²) in [6.07, 6.45) is 0.808. The summed E-state index contributed by atoms with van der Waals surface area (Å²) in [7, 11) is 0. The summed E-state index contributed by atoms with van der Waals surface area (Å²) in [5, 5.41) is 3.87. The van der Waals surface area contributed by atoms with Crippen LogP contribution in [0.5, 0.6) is 0 Å². The van der Waals surface area contributed by atoms with Gasteiger partial charge in [-0.3, -0.25) is 4.79 Å². The van der Waals surface area contributed by atoms with Crippen LogP contribution in [0.1, 0.15) is 30.8 Å². The highest BCUT2D eigenvalue weighted by molar-refractivity contribution is 9.10. The molecule has 0 aliphatic rings. The molecule has 0 atom stereocenters. The number of carbonyl (C=O) groups is 1. The number of hydrogen-bond acceptors (Lipinski definition) is 3. The molecule has 0 aromatic carbocycles. The largest absolute Gasteiger partial charge is 0.444 e. The Labute approximate surface area is 90.5 Å². The average molecular weight is 259 g/mol. The molecule has 76 valence electrons. The Kier molecular flexibility index (Phi) is 3.88. The maximum Gasteiger partial charge on any atom is 0.307 e. The Morgan fingerprint density at radius 2 is 2.36 bits per heavy atom. The molecule has 0 saturated carbocycles. The molecule has 5 heteroatoms. The molecule has 0 aliphatic carbocycles. The van der Waals surface area contributed by atoms with Gasteiger partial charge < -0.3 is 4.42 Å². The first kappa shape index (κ1) is 11.0. The van der Waals surface area contributed by atoms with Crippen molar-refractivity contribution in [1.29, 1.82) is 0 Å². The number of rotatable bonds is 3. The molecule has 0 aliphatic heterocycles. The minimum absolute atomic E-state index is 0.240. The second kappa shape index (κ2) is 4.95. The number of carbonyl (C=O) groups excluding carboxylic acids is 1. The van der Waals surface area contributed by atoms with Crippen molar-refractivity contribution in [3.63, 3.8) is 0 Å². The molecule has 0 saturated heterocycles. The Morgan fingerprint density at radius 3 is 2.86 bits per heavy atom. The van der Waals surface area contributed by atoms with E-state index in [1.165, 1.54) is 0 Å². The molecule has 0 unspecified atom stereocenters. The number of amides is 1. The predicted octanol–water partition coefficient (Wildman–Crippen LogP) is 2.56. The predicted molar refractivity (Wildman–Crippen MR) is 57.3 cm³/mol. The van der Waals surface area contributed by atoms with Gasteiger partial charge in [-0.2, -0.15) is 5.10 Å². The first-order valence-electron chi connectivity index (χ1n) is 4.22. The van der Waals surface area contributed by atoms with E-state index in [4.69, 9.17) is 4.42 Å². The van der Waals surface area contributed by atoms with Gasteiger partial charge in [-0.05, 0) is 41.4 Å². The SMILES string of the molecule is CCC(C)=NNC(=O)c1ccc(Br)o1. The maximum atomic E-state index is 11.3. The van der Waals surface area contributed by atoms with E-state index in [1.807, 2.05) is 13.8 Å². The summed E-state index contributed by atoms with van der Waals surface area (Å²) in [6, 6.07) is 3.24. The lowest BCUT2D eigenvalue weighted by atomic mass is 10.3. The molecule has 4 nitrogen and oxygen atoms in total. The summed E-state index contributed by atoms with van der Waals surface area (Å²) >= 11 is 3.11. The highest BCUT2D eigenvalue weighted by atomic mass is 79.9. The molecule has 0 fully saturated rings. The van der Waals surface area contributed by atoms with Crippen molar-refractivity contribution in [2.45, 2.75) is 20.3 Å². The molecule has 1 amide bonds. The molecule has 1 aromatic rings. The third-order valence-corrected chi connectivity index (χ3v) is 2.08. The van der Waals surface area contributed by atoms with Crippen molar-refractivity contribution in [2.24, 2.45) is 5.10 Å². The average Bonchev–Trinajstić information content (AvgIpc) is 2.60. The van der Waals surface area contributed by atoms with Crippen molar-refractivity contribution in [3.8, 4) is 0 Å². The van der Waals surface area contributed by atoms with E-state index in [0.29, 0.717) is 4.67 Å². The van der Waals surface area contributed by atoms with Crippen molar-refractivity contribution < 1.29 is 9.21 Å². The molecule has 1 heterocycles. The van der Waals surface area contributed by atoms with Crippen LogP contribution in [0.4, 0.5) is 0 Å². The molecular weight excluding hydrogens is 248 g/mol. The maximum absolute atomic E-state index is 11.3. The molecule has 0 spiro atoms. The third kappa shape index (κ3) is 2.99. The molecule has 1 aromatic heterocycles. The van der Waals surface area contributed by atoms with Gasteiger partial charge >= 0.3 is 5.91 Å². The molecular formula is C9H11BrN2O2. The Hall–Kier alpha value is -1.10. The molecule has 0 radical (unpaired) electrons. The third-order valence-electron chi connectivity index (χ3n) is 1.66. The highest BCUT2D eigenvalue weighted by Crippen LogP contribution is 2.13. The van der Waals surface area contributed by atoms with E-state index < -0.39 is 0 Å². The Morgan fingerprint density at radius 1 is 1.64 bits per heavy atom. The standard InChI is InChI=1S/C9H11BrN2O2/c1-3-6(2)11-12-9(13)7-4-5-8(10)14-7/h4-5H,3H2,1-2H3,(H,12,13). The van der Waals surface area contributed by atoms with E-state index in [2.05, 4.69) is 26.5 Å². The van der Waals surface area contributed by atoms with Gasteiger partial charge in [0.25, 0.3) is 0 Å². The normalized spacial score (nSPS) is 11.5. The highest BCUT2D eigenvalue weighted by Gasteiger charge is 2.08. The lowest BCUT2D eigenvalue weighted by molar-refractivity contribution is 0.0926. The monoisotopic (exact) mass is 258 g/mol. The summed E-state index contributed by atoms with van der Waals surface area (Å²) in [4.78, 5) is 11.3. The van der Waals surface area contributed by atoms with Gasteiger partial charge in [0, 0.05) is 5.71 Å². The van der Waals surface area contributed by atoms with Crippen LogP contribution in [0.15, 0.2) is 26.3 Å². The number of halogens is 1. The van der Waals surface area contributed by atoms with Gasteiger partial charge in [-0.1, -0.05) is 6.92 Å². The number of hydrazone groups is 1. The van der Waals surface area contributed by atoms with Gasteiger partial charge in [-0.15, -0.1) is 0 Å². The molecule has 14 heavy (non-hydrogen) atoms. The zero-order valence-corrected chi connectivity index (χ0v) is 9.59. The summed E-state index contributed by atoms with van der Waals surface area (Å²) in [5.41, 5.74) is 3.26. The van der Waals surface area contributed by atoms with Crippen LogP contribution < -0.4 is 5.43 Å². The van der Waals surface area contributed by atoms with Crippen molar-refractivity contribution in [2.75, 3.05) is 0 Å². The Balaban J connectivity index is 2.60. The molecule has 0 bridgehead atoms. The second-order valence-electron chi connectivity index (χ2n) is 2.75. The lowest BCUT2D eigenvalue weighted by Crippen LogP contribution is -2.18.